The molecule has 2 rings (SSSR count). The molecule has 0 atom stereocenters. The summed E-state index contributed by atoms with van der Waals surface area (Å²) in [6.07, 6.45) is 3.67. The van der Waals surface area contributed by atoms with Crippen LogP contribution in [0.5, 0.6) is 0 Å². The molecule has 0 aromatic carbocycles. The highest BCUT2D eigenvalue weighted by atomic mass is 15.3. The average Bonchev–Trinajstić information content (AvgIpc) is 2.91. The molecule has 0 amide bonds. The van der Waals surface area contributed by atoms with Crippen molar-refractivity contribution < 1.29 is 0 Å². The zero-order chi connectivity index (χ0) is 13.7. The second-order valence-electron chi connectivity index (χ2n) is 4.12. The van der Waals surface area contributed by atoms with Gasteiger partial charge in [0.15, 0.2) is 0 Å². The van der Waals surface area contributed by atoms with Crippen LogP contribution in [0.4, 0.5) is 17.8 Å². The van der Waals surface area contributed by atoms with Gasteiger partial charge < -0.3 is 15.5 Å². The van der Waals surface area contributed by atoms with E-state index >= 15 is 0 Å². The number of hydrogen-bond donors (Lipinski definition) is 2. The summed E-state index contributed by atoms with van der Waals surface area (Å²) >= 11 is 0. The third-order valence-electron chi connectivity index (χ3n) is 2.43. The largest absolute Gasteiger partial charge is 0.357 e. The molecule has 8 heteroatoms. The SMILES string of the molecule is CNc1nc(NCCn2cccn2)nc(N(C)C)n1. The van der Waals surface area contributed by atoms with Crippen LogP contribution in [0.2, 0.25) is 0 Å². The molecule has 19 heavy (non-hydrogen) atoms. The fourth-order valence-electron chi connectivity index (χ4n) is 1.47. The third kappa shape index (κ3) is 3.54. The van der Waals surface area contributed by atoms with E-state index in [1.54, 1.807) is 13.2 Å². The van der Waals surface area contributed by atoms with Gasteiger partial charge in [0.05, 0.1) is 6.54 Å². The molecule has 2 aromatic heterocycles. The lowest BCUT2D eigenvalue weighted by Gasteiger charge is -2.13. The lowest BCUT2D eigenvalue weighted by atomic mass is 10.6. The van der Waals surface area contributed by atoms with Crippen LogP contribution >= 0.6 is 0 Å². The highest BCUT2D eigenvalue weighted by Crippen LogP contribution is 2.10. The van der Waals surface area contributed by atoms with Crippen LogP contribution in [0.1, 0.15) is 0 Å². The maximum Gasteiger partial charge on any atom is 0.231 e. The molecular weight excluding hydrogens is 244 g/mol. The van der Waals surface area contributed by atoms with Crippen molar-refractivity contribution in [2.24, 2.45) is 0 Å². The Morgan fingerprint density at radius 3 is 2.63 bits per heavy atom. The molecule has 102 valence electrons. The van der Waals surface area contributed by atoms with Crippen molar-refractivity contribution in [2.75, 3.05) is 43.2 Å². The third-order valence-corrected chi connectivity index (χ3v) is 2.43. The lowest BCUT2D eigenvalue weighted by molar-refractivity contribution is 0.636. The van der Waals surface area contributed by atoms with Crippen LogP contribution in [0.15, 0.2) is 18.5 Å². The topological polar surface area (TPSA) is 83.8 Å². The van der Waals surface area contributed by atoms with Crippen molar-refractivity contribution in [1.82, 2.24) is 24.7 Å². The summed E-state index contributed by atoms with van der Waals surface area (Å²) in [5.41, 5.74) is 0. The molecule has 2 N–H and O–H groups in total. The predicted molar refractivity (Wildman–Crippen MR) is 74.4 cm³/mol. The zero-order valence-corrected chi connectivity index (χ0v) is 11.3. The summed E-state index contributed by atoms with van der Waals surface area (Å²) in [6, 6.07) is 1.90. The second-order valence-corrected chi connectivity index (χ2v) is 4.12. The molecule has 2 aromatic rings. The number of anilines is 3. The second kappa shape index (κ2) is 5.98. The molecule has 0 fully saturated rings. The quantitative estimate of drug-likeness (QED) is 0.774. The monoisotopic (exact) mass is 262 g/mol. The smallest absolute Gasteiger partial charge is 0.231 e. The van der Waals surface area contributed by atoms with E-state index in [0.717, 1.165) is 6.54 Å². The normalized spacial score (nSPS) is 10.3. The molecule has 0 radical (unpaired) electrons. The molecule has 0 saturated heterocycles. The molecule has 0 bridgehead atoms. The van der Waals surface area contributed by atoms with Gasteiger partial charge in [-0.2, -0.15) is 20.1 Å². The van der Waals surface area contributed by atoms with Crippen LogP contribution in [-0.4, -0.2) is 52.4 Å². The van der Waals surface area contributed by atoms with Gasteiger partial charge in [0, 0.05) is 40.1 Å². The van der Waals surface area contributed by atoms with Crippen molar-refractivity contribution in [3.8, 4) is 0 Å². The van der Waals surface area contributed by atoms with E-state index in [1.165, 1.54) is 0 Å². The Morgan fingerprint density at radius 1 is 1.21 bits per heavy atom. The molecule has 0 aliphatic carbocycles. The molecular formula is C11H18N8. The van der Waals surface area contributed by atoms with Gasteiger partial charge in [-0.05, 0) is 6.07 Å². The van der Waals surface area contributed by atoms with Crippen LogP contribution in [-0.2, 0) is 6.54 Å². The minimum Gasteiger partial charge on any atom is -0.357 e. The average molecular weight is 262 g/mol. The summed E-state index contributed by atoms with van der Waals surface area (Å²) in [5.74, 6) is 1.71. The Balaban J connectivity index is 2.00. The maximum atomic E-state index is 4.32. The Kier molecular flexibility index (Phi) is 4.11. The first kappa shape index (κ1) is 13.1. The predicted octanol–water partition coefficient (Wildman–Crippen LogP) is 0.288. The highest BCUT2D eigenvalue weighted by Gasteiger charge is 2.06. The summed E-state index contributed by atoms with van der Waals surface area (Å²) in [4.78, 5) is 14.7. The van der Waals surface area contributed by atoms with E-state index < -0.39 is 0 Å². The molecule has 0 saturated carbocycles. The standard InChI is InChI=1S/C11H18N8/c1-12-9-15-10(17-11(16-9)18(2)3)13-6-8-19-7-4-5-14-19/h4-5,7H,6,8H2,1-3H3,(H2,12,13,15,16,17). The van der Waals surface area contributed by atoms with Gasteiger partial charge in [0.2, 0.25) is 17.8 Å². The molecule has 0 aliphatic heterocycles. The van der Waals surface area contributed by atoms with Gasteiger partial charge in [-0.15, -0.1) is 0 Å². The summed E-state index contributed by atoms with van der Waals surface area (Å²) in [7, 11) is 5.56. The van der Waals surface area contributed by atoms with E-state index in [-0.39, 0.29) is 0 Å². The number of rotatable bonds is 6. The van der Waals surface area contributed by atoms with Gasteiger partial charge in [-0.1, -0.05) is 0 Å². The van der Waals surface area contributed by atoms with Gasteiger partial charge in [0.25, 0.3) is 0 Å². The summed E-state index contributed by atoms with van der Waals surface area (Å²) in [5, 5.41) is 10.2. The van der Waals surface area contributed by atoms with Gasteiger partial charge in [0.1, 0.15) is 0 Å². The van der Waals surface area contributed by atoms with Crippen LogP contribution < -0.4 is 15.5 Å². The van der Waals surface area contributed by atoms with Crippen LogP contribution in [0.3, 0.4) is 0 Å². The molecule has 0 spiro atoms. The van der Waals surface area contributed by atoms with Crippen molar-refractivity contribution >= 4 is 17.8 Å². The first-order chi connectivity index (χ1) is 9.19. The van der Waals surface area contributed by atoms with Gasteiger partial charge >= 0.3 is 0 Å². The van der Waals surface area contributed by atoms with E-state index in [1.807, 2.05) is 35.9 Å². The highest BCUT2D eigenvalue weighted by molar-refractivity contribution is 5.42. The fraction of sp³-hybridized carbons (Fsp3) is 0.455. The Morgan fingerprint density at radius 2 is 2.00 bits per heavy atom. The van der Waals surface area contributed by atoms with E-state index in [4.69, 9.17) is 0 Å². The lowest BCUT2D eigenvalue weighted by Crippen LogP contribution is -2.18. The van der Waals surface area contributed by atoms with Crippen LogP contribution in [0, 0.1) is 0 Å². The van der Waals surface area contributed by atoms with E-state index in [2.05, 4.69) is 30.7 Å². The van der Waals surface area contributed by atoms with Crippen molar-refractivity contribution in [3.05, 3.63) is 18.5 Å². The van der Waals surface area contributed by atoms with Gasteiger partial charge in [-0.3, -0.25) is 4.68 Å². The molecule has 8 nitrogen and oxygen atoms in total. The maximum absolute atomic E-state index is 4.32. The van der Waals surface area contributed by atoms with Gasteiger partial charge in [-0.25, -0.2) is 0 Å². The zero-order valence-electron chi connectivity index (χ0n) is 11.3. The Labute approximate surface area is 111 Å². The number of aromatic nitrogens is 5. The minimum atomic E-state index is 0.542. The Bertz CT molecular complexity index is 507. The van der Waals surface area contributed by atoms with E-state index in [0.29, 0.717) is 24.4 Å². The van der Waals surface area contributed by atoms with Crippen molar-refractivity contribution in [2.45, 2.75) is 6.54 Å². The number of nitrogens with zero attached hydrogens (tertiary/aromatic N) is 6. The first-order valence-electron chi connectivity index (χ1n) is 6.01. The molecule has 0 unspecified atom stereocenters. The Hall–Kier alpha value is -2.38. The van der Waals surface area contributed by atoms with E-state index in [9.17, 15) is 0 Å². The first-order valence-corrected chi connectivity index (χ1v) is 6.01. The van der Waals surface area contributed by atoms with Crippen LogP contribution in [0.25, 0.3) is 0 Å². The molecule has 2 heterocycles. The number of nitrogens with one attached hydrogen (secondary N) is 2. The number of hydrogen-bond acceptors (Lipinski definition) is 7. The summed E-state index contributed by atoms with van der Waals surface area (Å²) in [6.45, 7) is 1.45. The fourth-order valence-corrected chi connectivity index (χ4v) is 1.47. The minimum absolute atomic E-state index is 0.542. The van der Waals surface area contributed by atoms with Crippen molar-refractivity contribution in [1.29, 1.82) is 0 Å². The summed E-state index contributed by atoms with van der Waals surface area (Å²) < 4.78 is 1.85. The van der Waals surface area contributed by atoms with Crippen molar-refractivity contribution in [3.63, 3.8) is 0 Å². The molecule has 0 aliphatic rings.